The van der Waals surface area contributed by atoms with Crippen molar-refractivity contribution >= 4 is 11.8 Å². The molecule has 2 amide bonds. The van der Waals surface area contributed by atoms with E-state index in [0.29, 0.717) is 29.9 Å². The zero-order chi connectivity index (χ0) is 27.5. The Balaban J connectivity index is 1.50. The standard InChI is InChI=1S/C31H32N2O5/c34-30(32-36)13-5-2-8-19-38-29-12-7-6-11-27(29)22-33(21-24-9-3-1-4-10-24)31(35)26-16-14-25(15-17-26)28-18-20-37-23-28/h1,3-4,6-7,9-12,14-18,20,23,36H,2,5,8,13,19,21-22H2,(H,32,34)/i21D. The van der Waals surface area contributed by atoms with Crippen LogP contribution in [0.5, 0.6) is 5.75 Å². The number of hydroxylamine groups is 1. The molecule has 0 aliphatic carbocycles. The van der Waals surface area contributed by atoms with Gasteiger partial charge in [-0.1, -0.05) is 60.7 Å². The Bertz CT molecular complexity index is 1330. The minimum Gasteiger partial charge on any atom is -0.493 e. The summed E-state index contributed by atoms with van der Waals surface area (Å²) in [4.78, 5) is 26.5. The summed E-state index contributed by atoms with van der Waals surface area (Å²) in [5.74, 6) is -0.000895. The molecule has 196 valence electrons. The molecular weight excluding hydrogens is 480 g/mol. The second kappa shape index (κ2) is 13.8. The largest absolute Gasteiger partial charge is 0.493 e. The minimum absolute atomic E-state index is 0.193. The van der Waals surface area contributed by atoms with E-state index in [2.05, 4.69) is 0 Å². The van der Waals surface area contributed by atoms with E-state index in [1.165, 1.54) is 4.90 Å². The minimum atomic E-state index is -0.919. The number of carbonyl (C=O) groups is 2. The molecule has 0 radical (unpaired) electrons. The van der Waals surface area contributed by atoms with Gasteiger partial charge in [-0.25, -0.2) is 5.48 Å². The summed E-state index contributed by atoms with van der Waals surface area (Å²) in [6, 6.07) is 26.0. The van der Waals surface area contributed by atoms with Gasteiger partial charge < -0.3 is 14.1 Å². The molecule has 4 aromatic rings. The molecule has 4 rings (SSSR count). The number of benzene rings is 3. The van der Waals surface area contributed by atoms with E-state index in [1.807, 2.05) is 72.8 Å². The van der Waals surface area contributed by atoms with Gasteiger partial charge in [-0.3, -0.25) is 14.8 Å². The highest BCUT2D eigenvalue weighted by atomic mass is 16.5. The first-order valence-electron chi connectivity index (χ1n) is 13.2. The van der Waals surface area contributed by atoms with Crippen molar-refractivity contribution in [2.45, 2.75) is 38.7 Å². The molecule has 0 aliphatic rings. The molecule has 1 heterocycles. The summed E-state index contributed by atoms with van der Waals surface area (Å²) in [5.41, 5.74) is 5.50. The van der Waals surface area contributed by atoms with E-state index in [0.717, 1.165) is 29.5 Å². The highest BCUT2D eigenvalue weighted by Gasteiger charge is 2.19. The maximum absolute atomic E-state index is 13.8. The lowest BCUT2D eigenvalue weighted by Gasteiger charge is -2.24. The molecule has 3 aromatic carbocycles. The van der Waals surface area contributed by atoms with E-state index in [9.17, 15) is 9.59 Å². The van der Waals surface area contributed by atoms with Crippen LogP contribution >= 0.6 is 0 Å². The van der Waals surface area contributed by atoms with Crippen LogP contribution in [-0.4, -0.2) is 28.5 Å². The fourth-order valence-corrected chi connectivity index (χ4v) is 4.06. The van der Waals surface area contributed by atoms with Crippen molar-refractivity contribution in [3.05, 3.63) is 114 Å². The zero-order valence-electron chi connectivity index (χ0n) is 22.1. The van der Waals surface area contributed by atoms with Crippen molar-refractivity contribution < 1.29 is 25.3 Å². The molecule has 0 aliphatic heterocycles. The summed E-state index contributed by atoms with van der Waals surface area (Å²) in [6.45, 7) is -0.277. The first kappa shape index (κ1) is 25.3. The van der Waals surface area contributed by atoms with Crippen LogP contribution in [0.25, 0.3) is 11.1 Å². The Labute approximate surface area is 224 Å². The topological polar surface area (TPSA) is 92.0 Å². The highest BCUT2D eigenvalue weighted by Crippen LogP contribution is 2.24. The number of furan rings is 1. The number of nitrogens with one attached hydrogen (secondary N) is 1. The van der Waals surface area contributed by atoms with Gasteiger partial charge in [-0.05, 0) is 54.7 Å². The third-order valence-electron chi connectivity index (χ3n) is 6.10. The number of rotatable bonds is 13. The molecule has 0 fully saturated rings. The Kier molecular flexibility index (Phi) is 9.19. The number of hydrogen-bond acceptors (Lipinski definition) is 5. The van der Waals surface area contributed by atoms with Gasteiger partial charge in [-0.15, -0.1) is 0 Å². The zero-order valence-corrected chi connectivity index (χ0v) is 21.1. The maximum Gasteiger partial charge on any atom is 0.254 e. The van der Waals surface area contributed by atoms with Crippen molar-refractivity contribution in [3.63, 3.8) is 0 Å². The second-order valence-corrected chi connectivity index (χ2v) is 8.86. The number of hydrogen-bond donors (Lipinski definition) is 2. The van der Waals surface area contributed by atoms with Gasteiger partial charge >= 0.3 is 0 Å². The molecule has 7 heteroatoms. The summed E-state index contributed by atoms with van der Waals surface area (Å²) >= 11 is 0. The fraction of sp³-hybridized carbons (Fsp3) is 0.226. The number of carbonyl (C=O) groups excluding carboxylic acids is 2. The SMILES string of the molecule is [2H]C(c1ccccc1)N(Cc1ccccc1OCCCCCC(=O)NO)C(=O)c1ccc(-c2ccoc2)cc1. The number of para-hydroxylation sites is 1. The first-order valence-corrected chi connectivity index (χ1v) is 12.6. The van der Waals surface area contributed by atoms with Crippen LogP contribution < -0.4 is 10.2 Å². The Hall–Kier alpha value is -4.36. The van der Waals surface area contributed by atoms with Crippen molar-refractivity contribution in [2.24, 2.45) is 0 Å². The monoisotopic (exact) mass is 513 g/mol. The Morgan fingerprint density at radius 3 is 2.39 bits per heavy atom. The van der Waals surface area contributed by atoms with Gasteiger partial charge in [0, 0.05) is 36.2 Å². The van der Waals surface area contributed by atoms with Crippen LogP contribution in [0.3, 0.4) is 0 Å². The van der Waals surface area contributed by atoms with Gasteiger partial charge in [-0.2, -0.15) is 0 Å². The van der Waals surface area contributed by atoms with Crippen LogP contribution in [0, 0.1) is 0 Å². The predicted octanol–water partition coefficient (Wildman–Crippen LogP) is 6.23. The van der Waals surface area contributed by atoms with Gasteiger partial charge in [0.05, 0.1) is 20.5 Å². The highest BCUT2D eigenvalue weighted by molar-refractivity contribution is 5.94. The lowest BCUT2D eigenvalue weighted by atomic mass is 10.1. The normalized spacial score (nSPS) is 11.9. The fourth-order valence-electron chi connectivity index (χ4n) is 4.06. The summed E-state index contributed by atoms with van der Waals surface area (Å²) < 4.78 is 20.2. The number of ether oxygens (including phenoxy) is 1. The lowest BCUT2D eigenvalue weighted by molar-refractivity contribution is -0.129. The number of nitrogens with zero attached hydrogens (tertiary/aromatic N) is 1. The van der Waals surface area contributed by atoms with Crippen LogP contribution in [-0.2, 0) is 17.9 Å². The van der Waals surface area contributed by atoms with Crippen molar-refractivity contribution in [2.75, 3.05) is 6.61 Å². The summed E-state index contributed by atoms with van der Waals surface area (Å²) in [6.07, 6.45) is 5.69. The van der Waals surface area contributed by atoms with E-state index in [-0.39, 0.29) is 18.9 Å². The van der Waals surface area contributed by atoms with Crippen molar-refractivity contribution in [1.82, 2.24) is 10.4 Å². The van der Waals surface area contributed by atoms with Crippen LogP contribution in [0.15, 0.2) is 102 Å². The number of amides is 2. The Morgan fingerprint density at radius 2 is 1.66 bits per heavy atom. The van der Waals surface area contributed by atoms with E-state index in [4.69, 9.17) is 15.7 Å². The smallest absolute Gasteiger partial charge is 0.254 e. The van der Waals surface area contributed by atoms with E-state index in [1.54, 1.807) is 30.1 Å². The summed E-state index contributed by atoms with van der Waals surface area (Å²) in [5, 5.41) is 8.59. The summed E-state index contributed by atoms with van der Waals surface area (Å²) in [7, 11) is 0. The van der Waals surface area contributed by atoms with Crippen LogP contribution in [0.1, 0.15) is 48.5 Å². The van der Waals surface area contributed by atoms with Crippen molar-refractivity contribution in [3.8, 4) is 16.9 Å². The second-order valence-electron chi connectivity index (χ2n) is 8.86. The molecule has 1 unspecified atom stereocenters. The molecule has 0 saturated carbocycles. The number of unbranched alkanes of at least 4 members (excludes halogenated alkanes) is 2. The van der Waals surface area contributed by atoms with Gasteiger partial charge in [0.1, 0.15) is 5.75 Å². The quantitative estimate of drug-likeness (QED) is 0.126. The predicted molar refractivity (Wildman–Crippen MR) is 144 cm³/mol. The third-order valence-corrected chi connectivity index (χ3v) is 6.10. The Morgan fingerprint density at radius 1 is 0.895 bits per heavy atom. The van der Waals surface area contributed by atoms with E-state index < -0.39 is 12.4 Å². The van der Waals surface area contributed by atoms with Crippen molar-refractivity contribution in [1.29, 1.82) is 0 Å². The van der Waals surface area contributed by atoms with Gasteiger partial charge in [0.2, 0.25) is 5.91 Å². The molecule has 7 nitrogen and oxygen atoms in total. The van der Waals surface area contributed by atoms with Gasteiger partial charge in [0.25, 0.3) is 5.91 Å². The molecule has 0 bridgehead atoms. The average molecular weight is 514 g/mol. The van der Waals surface area contributed by atoms with Crippen LogP contribution in [0.4, 0.5) is 0 Å². The van der Waals surface area contributed by atoms with Crippen LogP contribution in [0.2, 0.25) is 0 Å². The maximum atomic E-state index is 13.8. The van der Waals surface area contributed by atoms with Gasteiger partial charge in [0.15, 0.2) is 0 Å². The molecule has 0 spiro atoms. The lowest BCUT2D eigenvalue weighted by Crippen LogP contribution is -2.30. The molecule has 0 saturated heterocycles. The first-order chi connectivity index (χ1) is 19.1. The molecule has 1 aromatic heterocycles. The van der Waals surface area contributed by atoms with E-state index >= 15 is 0 Å². The molecular formula is C31H32N2O5. The third kappa shape index (κ3) is 7.57. The molecule has 1 atom stereocenters. The average Bonchev–Trinajstić information content (AvgIpc) is 3.53. The molecule has 2 N–H and O–H groups in total. The molecule has 38 heavy (non-hydrogen) atoms.